The quantitative estimate of drug-likeness (QED) is 0.471. The molecule has 0 aromatic carbocycles. The van der Waals surface area contributed by atoms with Gasteiger partial charge in [-0.05, 0) is 13.1 Å². The Morgan fingerprint density at radius 2 is 1.50 bits per heavy atom. The molecule has 0 unspecified atom stereocenters. The molecule has 1 aliphatic rings. The molecule has 0 aromatic rings. The highest BCUT2D eigenvalue weighted by molar-refractivity contribution is 7.41. The van der Waals surface area contributed by atoms with Crippen molar-refractivity contribution >= 4 is 15.4 Å². The molecule has 48 valence electrons. The fraction of sp³-hybridized carbons (Fsp3) is 1.00. The summed E-state index contributed by atoms with van der Waals surface area (Å²) < 4.78 is 5.53. The molecular weight excluding hydrogens is 132 g/mol. The Balaban J connectivity index is 2.63. The van der Waals surface area contributed by atoms with Gasteiger partial charge in [-0.1, -0.05) is 13.1 Å². The van der Waals surface area contributed by atoms with E-state index >= 15 is 0 Å². The van der Waals surface area contributed by atoms with Gasteiger partial charge < -0.3 is 4.43 Å². The van der Waals surface area contributed by atoms with Gasteiger partial charge in [-0.3, -0.25) is 0 Å². The van der Waals surface area contributed by atoms with E-state index in [1.165, 1.54) is 0 Å². The van der Waals surface area contributed by atoms with E-state index in [9.17, 15) is 0 Å². The average Bonchev–Trinajstić information content (AvgIpc) is 1.64. The van der Waals surface area contributed by atoms with E-state index in [4.69, 9.17) is 4.43 Å². The molecule has 1 nitrogen and oxygen atoms in total. The van der Waals surface area contributed by atoms with Crippen LogP contribution in [-0.2, 0) is 4.43 Å². The van der Waals surface area contributed by atoms with Crippen LogP contribution in [0.25, 0.3) is 0 Å². The summed E-state index contributed by atoms with van der Waals surface area (Å²) in [5, 5.41) is 0. The minimum absolute atomic E-state index is 0.762. The first-order chi connectivity index (χ1) is 3.46. The molecule has 1 saturated heterocycles. The van der Waals surface area contributed by atoms with E-state index in [0.29, 0.717) is 0 Å². The normalized spacial score (nSPS) is 31.5. The molecule has 0 spiro atoms. The molecule has 0 amide bonds. The van der Waals surface area contributed by atoms with Gasteiger partial charge in [-0.15, -0.1) is 0 Å². The number of rotatable bonds is 0. The second-order valence-electron chi connectivity index (χ2n) is 3.68. The van der Waals surface area contributed by atoms with Crippen molar-refractivity contribution in [3.05, 3.63) is 0 Å². The van der Waals surface area contributed by atoms with Crippen LogP contribution in [0.15, 0.2) is 0 Å². The molecule has 0 saturated carbocycles. The van der Waals surface area contributed by atoms with Crippen LogP contribution in [-0.4, -0.2) is 21.7 Å². The van der Waals surface area contributed by atoms with E-state index in [-0.39, 0.29) is 0 Å². The SMILES string of the molecule is C[Si]1(C)CO[Si]1(C)C. The van der Waals surface area contributed by atoms with Crippen molar-refractivity contribution in [3.8, 4) is 0 Å². The largest absolute Gasteiger partial charge is 0.423 e. The summed E-state index contributed by atoms with van der Waals surface area (Å²) in [5.41, 5.74) is 0. The lowest BCUT2D eigenvalue weighted by Gasteiger charge is -2.48. The van der Waals surface area contributed by atoms with Crippen molar-refractivity contribution < 1.29 is 4.43 Å². The lowest BCUT2D eigenvalue weighted by molar-refractivity contribution is 0.347. The monoisotopic (exact) mass is 146 g/mol. The second kappa shape index (κ2) is 1.46. The first kappa shape index (κ1) is 6.51. The van der Waals surface area contributed by atoms with E-state index < -0.39 is 15.4 Å². The molecular formula is C5H14OSi2. The van der Waals surface area contributed by atoms with Crippen LogP contribution in [0.3, 0.4) is 0 Å². The van der Waals surface area contributed by atoms with Crippen molar-refractivity contribution in [1.82, 2.24) is 0 Å². The first-order valence-electron chi connectivity index (χ1n) is 3.10. The minimum atomic E-state index is -1.04. The van der Waals surface area contributed by atoms with Crippen LogP contribution >= 0.6 is 0 Å². The van der Waals surface area contributed by atoms with Crippen LogP contribution in [0.2, 0.25) is 26.2 Å². The molecule has 1 rings (SSSR count). The molecule has 3 heteroatoms. The van der Waals surface area contributed by atoms with Crippen LogP contribution in [0.1, 0.15) is 0 Å². The van der Waals surface area contributed by atoms with E-state index in [1.807, 2.05) is 0 Å². The summed E-state index contributed by atoms with van der Waals surface area (Å²) in [6.07, 6.45) is 1.12. The molecule has 0 aromatic heterocycles. The van der Waals surface area contributed by atoms with Crippen LogP contribution in [0, 0.1) is 0 Å². The zero-order valence-corrected chi connectivity index (χ0v) is 8.12. The Morgan fingerprint density at radius 1 is 1.12 bits per heavy atom. The zero-order valence-electron chi connectivity index (χ0n) is 6.12. The molecule has 0 atom stereocenters. The molecule has 1 heterocycles. The van der Waals surface area contributed by atoms with Gasteiger partial charge in [0.05, 0.1) is 0 Å². The van der Waals surface area contributed by atoms with Crippen molar-refractivity contribution in [2.45, 2.75) is 26.2 Å². The van der Waals surface area contributed by atoms with Crippen LogP contribution < -0.4 is 0 Å². The lowest BCUT2D eigenvalue weighted by atomic mass is 11.7. The summed E-state index contributed by atoms with van der Waals surface area (Å²) in [5.74, 6) is 0. The fourth-order valence-corrected chi connectivity index (χ4v) is 5.85. The van der Waals surface area contributed by atoms with Gasteiger partial charge in [0.15, 0.2) is 7.83 Å². The fourth-order valence-electron chi connectivity index (χ4n) is 0.650. The summed E-state index contributed by atoms with van der Waals surface area (Å²) in [7, 11) is -1.80. The Kier molecular flexibility index (Phi) is 1.19. The van der Waals surface area contributed by atoms with E-state index in [1.54, 1.807) is 0 Å². The predicted molar refractivity (Wildman–Crippen MR) is 40.9 cm³/mol. The number of hydrogen-bond donors (Lipinski definition) is 0. The van der Waals surface area contributed by atoms with E-state index in [2.05, 4.69) is 26.2 Å². The van der Waals surface area contributed by atoms with Gasteiger partial charge in [-0.2, -0.15) is 0 Å². The van der Waals surface area contributed by atoms with Crippen molar-refractivity contribution in [1.29, 1.82) is 0 Å². The Labute approximate surface area is 53.0 Å². The van der Waals surface area contributed by atoms with Gasteiger partial charge in [0.2, 0.25) is 0 Å². The summed E-state index contributed by atoms with van der Waals surface area (Å²) in [6.45, 7) is 9.54. The molecule has 8 heavy (non-hydrogen) atoms. The maximum atomic E-state index is 5.53. The molecule has 0 N–H and O–H groups in total. The van der Waals surface area contributed by atoms with Crippen LogP contribution in [0.4, 0.5) is 0 Å². The highest BCUT2D eigenvalue weighted by Gasteiger charge is 2.51. The molecule has 0 bridgehead atoms. The summed E-state index contributed by atoms with van der Waals surface area (Å²) >= 11 is 0. The predicted octanol–water partition coefficient (Wildman–Crippen LogP) is 1.55. The highest BCUT2D eigenvalue weighted by atomic mass is 29.3. The molecule has 1 fully saturated rings. The van der Waals surface area contributed by atoms with Crippen molar-refractivity contribution in [2.24, 2.45) is 0 Å². The summed E-state index contributed by atoms with van der Waals surface area (Å²) in [6, 6.07) is 0. The average molecular weight is 146 g/mol. The third-order valence-corrected chi connectivity index (χ3v) is 18.3. The summed E-state index contributed by atoms with van der Waals surface area (Å²) in [4.78, 5) is 0. The lowest BCUT2D eigenvalue weighted by Crippen LogP contribution is -2.70. The van der Waals surface area contributed by atoms with Gasteiger partial charge in [0.1, 0.15) is 7.59 Å². The van der Waals surface area contributed by atoms with Gasteiger partial charge >= 0.3 is 0 Å². The smallest absolute Gasteiger partial charge is 0.175 e. The van der Waals surface area contributed by atoms with Crippen molar-refractivity contribution in [3.63, 3.8) is 0 Å². The van der Waals surface area contributed by atoms with E-state index in [0.717, 1.165) is 6.23 Å². The maximum absolute atomic E-state index is 5.53. The topological polar surface area (TPSA) is 9.23 Å². The maximum Gasteiger partial charge on any atom is 0.175 e. The standard InChI is InChI=1S/C5H14OSi2/c1-7(2)5-6-8(7,3)4/h5H2,1-4H3. The van der Waals surface area contributed by atoms with Crippen LogP contribution in [0.5, 0.6) is 0 Å². The Hall–Kier alpha value is 0.394. The van der Waals surface area contributed by atoms with Crippen molar-refractivity contribution in [2.75, 3.05) is 6.23 Å². The molecule has 0 aliphatic carbocycles. The second-order valence-corrected chi connectivity index (χ2v) is 18.7. The van der Waals surface area contributed by atoms with Gasteiger partial charge in [-0.25, -0.2) is 0 Å². The molecule has 1 aliphatic heterocycles. The van der Waals surface area contributed by atoms with Gasteiger partial charge in [0.25, 0.3) is 0 Å². The van der Waals surface area contributed by atoms with Gasteiger partial charge in [0, 0.05) is 6.23 Å². The molecule has 0 radical (unpaired) electrons. The third-order valence-electron chi connectivity index (χ3n) is 2.42. The minimum Gasteiger partial charge on any atom is -0.423 e. The third kappa shape index (κ3) is 0.692. The Bertz CT molecular complexity index is 95.0. The highest BCUT2D eigenvalue weighted by Crippen LogP contribution is 2.29. The number of hydrogen-bond acceptors (Lipinski definition) is 1. The Morgan fingerprint density at radius 3 is 1.50 bits per heavy atom. The zero-order chi connectivity index (χ0) is 6.41. The first-order valence-corrected chi connectivity index (χ1v) is 10.2.